The highest BCUT2D eigenvalue weighted by atomic mass is 35.5. The summed E-state index contributed by atoms with van der Waals surface area (Å²) in [6, 6.07) is 9.65. The van der Waals surface area contributed by atoms with E-state index in [0.717, 1.165) is 12.0 Å². The lowest BCUT2D eigenvalue weighted by Gasteiger charge is -2.35. The van der Waals surface area contributed by atoms with Crippen LogP contribution in [-0.4, -0.2) is 41.4 Å². The second-order valence-electron chi connectivity index (χ2n) is 6.62. The number of halogens is 3. The Bertz CT molecular complexity index is 861. The number of urea groups is 1. The van der Waals surface area contributed by atoms with Gasteiger partial charge in [0.05, 0.1) is 0 Å². The lowest BCUT2D eigenvalue weighted by molar-refractivity contribution is -0.122. The van der Waals surface area contributed by atoms with Crippen molar-refractivity contribution >= 4 is 23.5 Å². The van der Waals surface area contributed by atoms with Gasteiger partial charge in [0, 0.05) is 31.2 Å². The lowest BCUT2D eigenvalue weighted by Crippen LogP contribution is -2.51. The molecule has 1 fully saturated rings. The van der Waals surface area contributed by atoms with Crippen LogP contribution < -0.4 is 5.32 Å². The van der Waals surface area contributed by atoms with Crippen LogP contribution in [0.1, 0.15) is 17.5 Å². The molecule has 28 heavy (non-hydrogen) atoms. The third kappa shape index (κ3) is 5.19. The summed E-state index contributed by atoms with van der Waals surface area (Å²) in [6.45, 7) is 1.48. The molecule has 3 rings (SSSR count). The monoisotopic (exact) mass is 407 g/mol. The number of amides is 3. The van der Waals surface area contributed by atoms with Crippen molar-refractivity contribution in [2.45, 2.75) is 19.5 Å². The number of carbonyl (C=O) groups excluding carboxylic acids is 2. The minimum absolute atomic E-state index is 0.0618. The third-order valence-corrected chi connectivity index (χ3v) is 4.86. The van der Waals surface area contributed by atoms with E-state index in [2.05, 4.69) is 5.32 Å². The fourth-order valence-electron chi connectivity index (χ4n) is 3.02. The maximum Gasteiger partial charge on any atom is 0.320 e. The zero-order valence-corrected chi connectivity index (χ0v) is 15.9. The van der Waals surface area contributed by atoms with Gasteiger partial charge < -0.3 is 15.1 Å². The number of rotatable bonds is 6. The summed E-state index contributed by atoms with van der Waals surface area (Å²) in [6.07, 6.45) is 0.718. The van der Waals surface area contributed by atoms with Crippen molar-refractivity contribution in [3.05, 3.63) is 70.2 Å². The van der Waals surface area contributed by atoms with Gasteiger partial charge in [-0.2, -0.15) is 0 Å². The molecule has 1 heterocycles. The van der Waals surface area contributed by atoms with E-state index in [0.29, 0.717) is 18.7 Å². The predicted molar refractivity (Wildman–Crippen MR) is 102 cm³/mol. The number of nitrogens with one attached hydrogen (secondary N) is 1. The number of benzene rings is 2. The molecule has 1 aliphatic rings. The van der Waals surface area contributed by atoms with Gasteiger partial charge in [-0.1, -0.05) is 29.8 Å². The molecule has 0 spiro atoms. The first-order chi connectivity index (χ1) is 13.4. The van der Waals surface area contributed by atoms with Crippen LogP contribution in [0.4, 0.5) is 13.6 Å². The van der Waals surface area contributed by atoms with Crippen molar-refractivity contribution in [3.8, 4) is 0 Å². The van der Waals surface area contributed by atoms with E-state index >= 15 is 0 Å². The Morgan fingerprint density at radius 2 is 1.71 bits per heavy atom. The Kier molecular flexibility index (Phi) is 6.46. The molecule has 0 aliphatic carbocycles. The van der Waals surface area contributed by atoms with Crippen LogP contribution in [0.2, 0.25) is 5.02 Å². The molecular formula is C20H20ClF2N3O2. The topological polar surface area (TPSA) is 52.7 Å². The Morgan fingerprint density at radius 1 is 1.04 bits per heavy atom. The van der Waals surface area contributed by atoms with Crippen molar-refractivity contribution < 1.29 is 18.4 Å². The van der Waals surface area contributed by atoms with Crippen LogP contribution in [0.15, 0.2) is 42.5 Å². The van der Waals surface area contributed by atoms with Gasteiger partial charge in [-0.15, -0.1) is 0 Å². The van der Waals surface area contributed by atoms with Crippen LogP contribution >= 0.6 is 11.6 Å². The molecule has 0 unspecified atom stereocenters. The summed E-state index contributed by atoms with van der Waals surface area (Å²) < 4.78 is 26.1. The zero-order valence-electron chi connectivity index (χ0n) is 15.1. The summed E-state index contributed by atoms with van der Waals surface area (Å²) >= 11 is 6.05. The van der Waals surface area contributed by atoms with E-state index in [9.17, 15) is 18.4 Å². The molecule has 2 aromatic rings. The first-order valence-corrected chi connectivity index (χ1v) is 9.29. The van der Waals surface area contributed by atoms with Crippen molar-refractivity contribution in [3.63, 3.8) is 0 Å². The highest BCUT2D eigenvalue weighted by Crippen LogP contribution is 2.21. The van der Waals surface area contributed by atoms with Crippen LogP contribution in [0.5, 0.6) is 0 Å². The van der Waals surface area contributed by atoms with Crippen molar-refractivity contribution in [1.82, 2.24) is 15.1 Å². The molecule has 3 amide bonds. The average molecular weight is 408 g/mol. The standard InChI is InChI=1S/C20H20ClF2N3O2/c21-18-10-17(23)7-4-15(18)12-25-8-1-9-26(20(25)28)13-19(27)24-11-14-2-5-16(22)6-3-14/h2-7,10H,1,8-9,11-13H2,(H,24,27). The van der Waals surface area contributed by atoms with Gasteiger partial charge in [-0.3, -0.25) is 4.79 Å². The van der Waals surface area contributed by atoms with Gasteiger partial charge in [0.15, 0.2) is 0 Å². The Morgan fingerprint density at radius 3 is 2.43 bits per heavy atom. The predicted octanol–water partition coefficient (Wildman–Crippen LogP) is 3.56. The second-order valence-corrected chi connectivity index (χ2v) is 7.03. The Balaban J connectivity index is 1.54. The third-order valence-electron chi connectivity index (χ3n) is 4.51. The zero-order chi connectivity index (χ0) is 20.1. The molecule has 0 atom stereocenters. The minimum Gasteiger partial charge on any atom is -0.350 e. The molecule has 2 aromatic carbocycles. The summed E-state index contributed by atoms with van der Waals surface area (Å²) in [4.78, 5) is 27.9. The normalized spacial score (nSPS) is 14.3. The Labute approximate surface area is 166 Å². The fraction of sp³-hybridized carbons (Fsp3) is 0.300. The van der Waals surface area contributed by atoms with Gasteiger partial charge >= 0.3 is 6.03 Å². The molecule has 0 aromatic heterocycles. The van der Waals surface area contributed by atoms with E-state index in [1.165, 1.54) is 29.2 Å². The molecule has 0 bridgehead atoms. The summed E-state index contributed by atoms with van der Waals surface area (Å²) in [5, 5.41) is 3.00. The van der Waals surface area contributed by atoms with Crippen molar-refractivity contribution in [2.24, 2.45) is 0 Å². The highest BCUT2D eigenvalue weighted by Gasteiger charge is 2.27. The molecule has 5 nitrogen and oxygen atoms in total. The molecule has 1 saturated heterocycles. The SMILES string of the molecule is O=C(CN1CCCN(Cc2ccc(F)cc2Cl)C1=O)NCc1ccc(F)cc1. The smallest absolute Gasteiger partial charge is 0.320 e. The van der Waals surface area contributed by atoms with E-state index in [1.54, 1.807) is 23.1 Å². The minimum atomic E-state index is -0.432. The maximum absolute atomic E-state index is 13.2. The van der Waals surface area contributed by atoms with E-state index in [-0.39, 0.29) is 42.4 Å². The van der Waals surface area contributed by atoms with Crippen LogP contribution in [-0.2, 0) is 17.9 Å². The highest BCUT2D eigenvalue weighted by molar-refractivity contribution is 6.31. The summed E-state index contributed by atoms with van der Waals surface area (Å²) in [7, 11) is 0. The van der Waals surface area contributed by atoms with Gasteiger partial charge in [-0.05, 0) is 41.8 Å². The van der Waals surface area contributed by atoms with E-state index in [1.807, 2.05) is 0 Å². The number of nitrogens with zero attached hydrogens (tertiary/aromatic N) is 2. The molecule has 1 aliphatic heterocycles. The molecule has 0 radical (unpaired) electrons. The number of hydrogen-bond donors (Lipinski definition) is 1. The molecule has 1 N–H and O–H groups in total. The van der Waals surface area contributed by atoms with Crippen LogP contribution in [0.25, 0.3) is 0 Å². The van der Waals surface area contributed by atoms with Crippen LogP contribution in [0.3, 0.4) is 0 Å². The van der Waals surface area contributed by atoms with Crippen molar-refractivity contribution in [1.29, 1.82) is 0 Å². The largest absolute Gasteiger partial charge is 0.350 e. The van der Waals surface area contributed by atoms with Gasteiger partial charge in [-0.25, -0.2) is 13.6 Å². The average Bonchev–Trinajstić information content (AvgIpc) is 2.66. The second kappa shape index (κ2) is 9.01. The molecular weight excluding hydrogens is 388 g/mol. The Hall–Kier alpha value is -2.67. The fourth-order valence-corrected chi connectivity index (χ4v) is 3.25. The molecule has 0 saturated carbocycles. The van der Waals surface area contributed by atoms with Crippen molar-refractivity contribution in [2.75, 3.05) is 19.6 Å². The van der Waals surface area contributed by atoms with Gasteiger partial charge in [0.1, 0.15) is 18.2 Å². The lowest BCUT2D eigenvalue weighted by atomic mass is 10.2. The summed E-state index contributed by atoms with van der Waals surface area (Å²) in [5.74, 6) is -1.06. The number of carbonyl (C=O) groups is 2. The molecule has 8 heteroatoms. The van der Waals surface area contributed by atoms with E-state index in [4.69, 9.17) is 11.6 Å². The van der Waals surface area contributed by atoms with E-state index < -0.39 is 5.82 Å². The van der Waals surface area contributed by atoms with Gasteiger partial charge in [0.2, 0.25) is 5.91 Å². The maximum atomic E-state index is 13.2. The molecule has 148 valence electrons. The number of hydrogen-bond acceptors (Lipinski definition) is 2. The van der Waals surface area contributed by atoms with Gasteiger partial charge in [0.25, 0.3) is 0 Å². The summed E-state index contributed by atoms with van der Waals surface area (Å²) in [5.41, 5.74) is 1.42. The first kappa shape index (κ1) is 20.1. The van der Waals surface area contributed by atoms with Crippen LogP contribution in [0, 0.1) is 11.6 Å². The quantitative estimate of drug-likeness (QED) is 0.796. The first-order valence-electron chi connectivity index (χ1n) is 8.91.